The van der Waals surface area contributed by atoms with Crippen LogP contribution in [-0.4, -0.2) is 25.0 Å². The summed E-state index contributed by atoms with van der Waals surface area (Å²) in [5.74, 6) is -0.639. The Morgan fingerprint density at radius 3 is 2.12 bits per heavy atom. The van der Waals surface area contributed by atoms with Crippen LogP contribution in [0.1, 0.15) is 31.0 Å². The lowest BCUT2D eigenvalue weighted by atomic mass is 9.99. The zero-order chi connectivity index (χ0) is 19.1. The van der Waals surface area contributed by atoms with Crippen LogP contribution in [0.2, 0.25) is 0 Å². The van der Waals surface area contributed by atoms with Gasteiger partial charge in [0.1, 0.15) is 12.1 Å². The Morgan fingerprint density at radius 1 is 0.962 bits per heavy atom. The molecule has 26 heavy (non-hydrogen) atoms. The molecule has 2 atom stereocenters. The van der Waals surface area contributed by atoms with Crippen molar-refractivity contribution in [2.45, 2.75) is 32.9 Å². The van der Waals surface area contributed by atoms with Crippen molar-refractivity contribution in [2.24, 2.45) is 5.92 Å². The van der Waals surface area contributed by atoms with Gasteiger partial charge in [0.25, 0.3) is 0 Å². The molecule has 2 N–H and O–H groups in total. The number of esters is 1. The van der Waals surface area contributed by atoms with Gasteiger partial charge in [0, 0.05) is 5.69 Å². The van der Waals surface area contributed by atoms with E-state index in [0.29, 0.717) is 5.69 Å². The first-order valence-corrected chi connectivity index (χ1v) is 8.68. The number of benzene rings is 2. The summed E-state index contributed by atoms with van der Waals surface area (Å²) in [7, 11) is 1.35. The summed E-state index contributed by atoms with van der Waals surface area (Å²) in [6, 6.07) is 15.7. The Hall–Kier alpha value is -2.66. The molecule has 2 aromatic rings. The van der Waals surface area contributed by atoms with Crippen LogP contribution in [-0.2, 0) is 14.3 Å². The minimum atomic E-state index is -0.677. The van der Waals surface area contributed by atoms with E-state index in [2.05, 4.69) is 10.6 Å². The number of carbonyl (C=O) groups is 2. The van der Waals surface area contributed by atoms with Gasteiger partial charge < -0.3 is 10.1 Å². The van der Waals surface area contributed by atoms with Gasteiger partial charge in [-0.3, -0.25) is 14.9 Å². The smallest absolute Gasteiger partial charge is 0.323 e. The number of methoxy groups -OCH3 is 1. The number of hydrogen-bond donors (Lipinski definition) is 2. The number of ether oxygens (including phenoxy) is 1. The van der Waals surface area contributed by atoms with Gasteiger partial charge >= 0.3 is 5.97 Å². The monoisotopic (exact) mass is 354 g/mol. The average molecular weight is 354 g/mol. The molecule has 2 aromatic carbocycles. The highest BCUT2D eigenvalue weighted by Gasteiger charge is 2.30. The van der Waals surface area contributed by atoms with Gasteiger partial charge in [-0.05, 0) is 30.5 Å². The standard InChI is InChI=1S/C21H26N2O3/c1-14(2)18(21(25)26-4)23-19(16-8-6-5-7-9-16)20(24)22-17-12-10-15(3)11-13-17/h5-14,18-19,23H,1-4H3,(H,22,24)/t18-,19+/m1/s1. The summed E-state index contributed by atoms with van der Waals surface area (Å²) >= 11 is 0. The zero-order valence-corrected chi connectivity index (χ0v) is 15.7. The van der Waals surface area contributed by atoms with Crippen LogP contribution in [0.3, 0.4) is 0 Å². The molecule has 1 amide bonds. The van der Waals surface area contributed by atoms with Gasteiger partial charge in [0.2, 0.25) is 5.91 Å². The normalized spacial score (nSPS) is 13.1. The van der Waals surface area contributed by atoms with E-state index in [1.54, 1.807) is 0 Å². The summed E-state index contributed by atoms with van der Waals surface area (Å²) in [5.41, 5.74) is 2.61. The van der Waals surface area contributed by atoms with E-state index in [9.17, 15) is 9.59 Å². The third kappa shape index (κ3) is 5.17. The third-order valence-electron chi connectivity index (χ3n) is 4.18. The van der Waals surface area contributed by atoms with Crippen LogP contribution >= 0.6 is 0 Å². The minimum Gasteiger partial charge on any atom is -0.468 e. The second-order valence-corrected chi connectivity index (χ2v) is 6.61. The number of aryl methyl sites for hydroxylation is 1. The first-order valence-electron chi connectivity index (χ1n) is 8.68. The molecule has 0 radical (unpaired) electrons. The average Bonchev–Trinajstić information content (AvgIpc) is 2.64. The molecular weight excluding hydrogens is 328 g/mol. The Labute approximate surface area is 154 Å². The molecular formula is C21H26N2O3. The fourth-order valence-electron chi connectivity index (χ4n) is 2.66. The lowest BCUT2D eigenvalue weighted by Crippen LogP contribution is -2.47. The maximum atomic E-state index is 12.9. The highest BCUT2D eigenvalue weighted by molar-refractivity contribution is 5.96. The van der Waals surface area contributed by atoms with Crippen molar-refractivity contribution in [1.82, 2.24) is 5.32 Å². The van der Waals surface area contributed by atoms with Crippen molar-refractivity contribution < 1.29 is 14.3 Å². The largest absolute Gasteiger partial charge is 0.468 e. The van der Waals surface area contributed by atoms with Crippen molar-refractivity contribution in [2.75, 3.05) is 12.4 Å². The number of carbonyl (C=O) groups excluding carboxylic acids is 2. The van der Waals surface area contributed by atoms with E-state index < -0.39 is 12.1 Å². The molecule has 0 fully saturated rings. The predicted octanol–water partition coefficient (Wildman–Crippen LogP) is 3.46. The van der Waals surface area contributed by atoms with E-state index in [0.717, 1.165) is 11.1 Å². The van der Waals surface area contributed by atoms with Crippen LogP contribution < -0.4 is 10.6 Å². The molecule has 0 aliphatic carbocycles. The number of anilines is 1. The number of hydrogen-bond acceptors (Lipinski definition) is 4. The number of rotatable bonds is 7. The van der Waals surface area contributed by atoms with E-state index in [-0.39, 0.29) is 17.8 Å². The topological polar surface area (TPSA) is 67.4 Å². The molecule has 0 aliphatic heterocycles. The van der Waals surface area contributed by atoms with Gasteiger partial charge in [0.15, 0.2) is 0 Å². The lowest BCUT2D eigenvalue weighted by molar-refractivity contribution is -0.144. The van der Waals surface area contributed by atoms with Crippen molar-refractivity contribution in [1.29, 1.82) is 0 Å². The van der Waals surface area contributed by atoms with Crippen LogP contribution in [0.4, 0.5) is 5.69 Å². The molecule has 0 aromatic heterocycles. The molecule has 5 heteroatoms. The first kappa shape index (κ1) is 19.7. The molecule has 138 valence electrons. The highest BCUT2D eigenvalue weighted by atomic mass is 16.5. The molecule has 0 unspecified atom stereocenters. The maximum Gasteiger partial charge on any atom is 0.323 e. The predicted molar refractivity (Wildman–Crippen MR) is 103 cm³/mol. The summed E-state index contributed by atoms with van der Waals surface area (Å²) in [4.78, 5) is 25.1. The molecule has 0 saturated carbocycles. The van der Waals surface area contributed by atoms with E-state index in [1.165, 1.54) is 7.11 Å². The highest BCUT2D eigenvalue weighted by Crippen LogP contribution is 2.19. The van der Waals surface area contributed by atoms with Crippen LogP contribution in [0, 0.1) is 12.8 Å². The van der Waals surface area contributed by atoms with Gasteiger partial charge in [-0.15, -0.1) is 0 Å². The summed E-state index contributed by atoms with van der Waals surface area (Å²) in [6.07, 6.45) is 0. The van der Waals surface area contributed by atoms with E-state index in [4.69, 9.17) is 4.74 Å². The molecule has 5 nitrogen and oxygen atoms in total. The van der Waals surface area contributed by atoms with Crippen molar-refractivity contribution in [3.05, 3.63) is 65.7 Å². The third-order valence-corrected chi connectivity index (χ3v) is 4.18. The minimum absolute atomic E-state index is 0.0270. The van der Waals surface area contributed by atoms with Crippen molar-refractivity contribution >= 4 is 17.6 Å². The Kier molecular flexibility index (Phi) is 6.92. The SMILES string of the molecule is COC(=O)[C@H](N[C@H](C(=O)Nc1ccc(C)cc1)c1ccccc1)C(C)C. The molecule has 0 spiro atoms. The second-order valence-electron chi connectivity index (χ2n) is 6.61. The maximum absolute atomic E-state index is 12.9. The van der Waals surface area contributed by atoms with Crippen molar-refractivity contribution in [3.8, 4) is 0 Å². The van der Waals surface area contributed by atoms with E-state index >= 15 is 0 Å². The van der Waals surface area contributed by atoms with Gasteiger partial charge in [-0.25, -0.2) is 0 Å². The Bertz CT molecular complexity index is 727. The molecule has 2 rings (SSSR count). The second kappa shape index (κ2) is 9.15. The summed E-state index contributed by atoms with van der Waals surface area (Å²) < 4.78 is 4.89. The fourth-order valence-corrected chi connectivity index (χ4v) is 2.66. The van der Waals surface area contributed by atoms with Gasteiger partial charge in [0.05, 0.1) is 7.11 Å². The summed E-state index contributed by atoms with van der Waals surface area (Å²) in [6.45, 7) is 5.81. The fraction of sp³-hybridized carbons (Fsp3) is 0.333. The Balaban J connectivity index is 2.27. The zero-order valence-electron chi connectivity index (χ0n) is 15.7. The number of amides is 1. The van der Waals surface area contributed by atoms with Gasteiger partial charge in [-0.1, -0.05) is 61.9 Å². The number of nitrogens with one attached hydrogen (secondary N) is 2. The molecule has 0 aliphatic rings. The van der Waals surface area contributed by atoms with E-state index in [1.807, 2.05) is 75.4 Å². The lowest BCUT2D eigenvalue weighted by Gasteiger charge is -2.26. The quantitative estimate of drug-likeness (QED) is 0.747. The summed E-state index contributed by atoms with van der Waals surface area (Å²) in [5, 5.41) is 6.08. The van der Waals surface area contributed by atoms with Crippen LogP contribution in [0.5, 0.6) is 0 Å². The van der Waals surface area contributed by atoms with Crippen LogP contribution in [0.25, 0.3) is 0 Å². The molecule has 0 bridgehead atoms. The molecule has 0 heterocycles. The Morgan fingerprint density at radius 2 is 1.58 bits per heavy atom. The van der Waals surface area contributed by atoms with Gasteiger partial charge in [-0.2, -0.15) is 0 Å². The molecule has 0 saturated heterocycles. The first-order chi connectivity index (χ1) is 12.4. The van der Waals surface area contributed by atoms with Crippen molar-refractivity contribution in [3.63, 3.8) is 0 Å². The van der Waals surface area contributed by atoms with Crippen LogP contribution in [0.15, 0.2) is 54.6 Å².